The molecule has 1 heterocycles. The molecule has 0 fully saturated rings. The lowest BCUT2D eigenvalue weighted by molar-refractivity contribution is 0.0699. The Kier molecular flexibility index (Phi) is 2.44. The van der Waals surface area contributed by atoms with Crippen LogP contribution in [0.3, 0.4) is 0 Å². The number of nitrogens with one attached hydrogen (secondary N) is 1. The summed E-state index contributed by atoms with van der Waals surface area (Å²) in [5.74, 6) is -1.16. The fraction of sp³-hybridized carbons (Fsp3) is 0.0909. The van der Waals surface area contributed by atoms with Gasteiger partial charge in [-0.1, -0.05) is 17.7 Å². The number of rotatable bonds is 1. The maximum absolute atomic E-state index is 11.3. The minimum Gasteiger partial charge on any atom is -0.478 e. The molecule has 0 spiro atoms. The number of hydrogen-bond acceptors (Lipinski definition) is 2. The lowest BCUT2D eigenvalue weighted by atomic mass is 10.1. The van der Waals surface area contributed by atoms with Gasteiger partial charge in [0.15, 0.2) is 0 Å². The molecule has 0 aliphatic carbocycles. The molecule has 0 saturated heterocycles. The fourth-order valence-electron chi connectivity index (χ4n) is 1.64. The van der Waals surface area contributed by atoms with Gasteiger partial charge in [0.1, 0.15) is 0 Å². The predicted octanol–water partition coefficient (Wildman–Crippen LogP) is 2.19. The van der Waals surface area contributed by atoms with Crippen LogP contribution in [0.2, 0.25) is 5.02 Å². The van der Waals surface area contributed by atoms with Gasteiger partial charge < -0.3 is 10.1 Å². The summed E-state index contributed by atoms with van der Waals surface area (Å²) >= 11 is 5.95. The van der Waals surface area contributed by atoms with Gasteiger partial charge in [0.25, 0.3) is 0 Å². The molecule has 16 heavy (non-hydrogen) atoms. The molecule has 2 rings (SSSR count). The first-order chi connectivity index (χ1) is 7.50. The maximum Gasteiger partial charge on any atom is 0.336 e. The second-order valence-corrected chi connectivity index (χ2v) is 3.87. The monoisotopic (exact) mass is 237 g/mol. The topological polar surface area (TPSA) is 70.2 Å². The number of fused-ring (bicyclic) bond motifs is 1. The van der Waals surface area contributed by atoms with E-state index in [9.17, 15) is 9.59 Å². The van der Waals surface area contributed by atoms with Gasteiger partial charge in [0, 0.05) is 11.5 Å². The van der Waals surface area contributed by atoms with Crippen LogP contribution in [0.25, 0.3) is 10.9 Å². The third-order valence-electron chi connectivity index (χ3n) is 2.39. The zero-order chi connectivity index (χ0) is 11.9. The van der Waals surface area contributed by atoms with Gasteiger partial charge in [-0.3, -0.25) is 4.79 Å². The fourth-order valence-corrected chi connectivity index (χ4v) is 1.90. The highest BCUT2D eigenvalue weighted by atomic mass is 35.5. The predicted molar refractivity (Wildman–Crippen MR) is 61.3 cm³/mol. The summed E-state index contributed by atoms with van der Waals surface area (Å²) in [6.45, 7) is 1.78. The molecule has 0 atom stereocenters. The summed E-state index contributed by atoms with van der Waals surface area (Å²) in [5, 5.41) is 9.69. The van der Waals surface area contributed by atoms with Crippen molar-refractivity contribution in [3.8, 4) is 0 Å². The van der Waals surface area contributed by atoms with Crippen LogP contribution in [0.4, 0.5) is 0 Å². The molecular weight excluding hydrogens is 230 g/mol. The van der Waals surface area contributed by atoms with Crippen molar-refractivity contribution in [2.75, 3.05) is 0 Å². The van der Waals surface area contributed by atoms with Crippen LogP contribution in [0.15, 0.2) is 23.0 Å². The van der Waals surface area contributed by atoms with E-state index in [2.05, 4.69) is 4.98 Å². The molecule has 2 N–H and O–H groups in total. The van der Waals surface area contributed by atoms with Gasteiger partial charge in [-0.05, 0) is 18.6 Å². The van der Waals surface area contributed by atoms with Gasteiger partial charge in [-0.2, -0.15) is 0 Å². The van der Waals surface area contributed by atoms with E-state index in [0.29, 0.717) is 15.9 Å². The summed E-state index contributed by atoms with van der Waals surface area (Å²) in [6, 6.07) is 4.38. The lowest BCUT2D eigenvalue weighted by Crippen LogP contribution is -2.11. The molecule has 0 bridgehead atoms. The van der Waals surface area contributed by atoms with Gasteiger partial charge in [-0.25, -0.2) is 4.79 Å². The molecule has 1 aromatic heterocycles. The van der Waals surface area contributed by atoms with Crippen molar-refractivity contribution in [2.45, 2.75) is 6.92 Å². The van der Waals surface area contributed by atoms with Crippen LogP contribution in [0.1, 0.15) is 15.9 Å². The van der Waals surface area contributed by atoms with Gasteiger partial charge in [0.05, 0.1) is 16.1 Å². The minimum absolute atomic E-state index is 0.0764. The van der Waals surface area contributed by atoms with Crippen molar-refractivity contribution < 1.29 is 9.90 Å². The third kappa shape index (κ3) is 1.57. The molecule has 0 radical (unpaired) electrons. The number of aromatic nitrogens is 1. The summed E-state index contributed by atoms with van der Waals surface area (Å²) in [5.41, 5.74) is 0.722. The van der Waals surface area contributed by atoms with Gasteiger partial charge >= 0.3 is 5.97 Å². The van der Waals surface area contributed by atoms with E-state index < -0.39 is 11.5 Å². The molecular formula is C11H8ClNO3. The molecule has 0 saturated carbocycles. The number of pyridine rings is 1. The summed E-state index contributed by atoms with van der Waals surface area (Å²) < 4.78 is 0. The first-order valence-electron chi connectivity index (χ1n) is 4.56. The molecule has 0 amide bonds. The van der Waals surface area contributed by atoms with Crippen molar-refractivity contribution in [2.24, 2.45) is 0 Å². The highest BCUT2D eigenvalue weighted by Gasteiger charge is 2.14. The van der Waals surface area contributed by atoms with E-state index in [1.54, 1.807) is 19.1 Å². The second kappa shape index (κ2) is 3.64. The highest BCUT2D eigenvalue weighted by Crippen LogP contribution is 2.26. The Morgan fingerprint density at radius 1 is 1.44 bits per heavy atom. The number of aromatic amines is 1. The smallest absolute Gasteiger partial charge is 0.336 e. The van der Waals surface area contributed by atoms with Crippen molar-refractivity contribution in [3.05, 3.63) is 44.7 Å². The van der Waals surface area contributed by atoms with Crippen LogP contribution in [-0.2, 0) is 0 Å². The van der Waals surface area contributed by atoms with Crippen molar-refractivity contribution in [3.63, 3.8) is 0 Å². The lowest BCUT2D eigenvalue weighted by Gasteiger charge is -2.06. The number of hydrogen-bond donors (Lipinski definition) is 2. The number of halogens is 1. The van der Waals surface area contributed by atoms with Crippen LogP contribution >= 0.6 is 11.6 Å². The van der Waals surface area contributed by atoms with Crippen LogP contribution < -0.4 is 5.56 Å². The van der Waals surface area contributed by atoms with E-state index in [1.165, 1.54) is 0 Å². The Hall–Kier alpha value is -1.81. The third-order valence-corrected chi connectivity index (χ3v) is 2.70. The number of carboxylic acid groups (broad SMARTS) is 1. The van der Waals surface area contributed by atoms with Crippen LogP contribution in [0, 0.1) is 6.92 Å². The molecule has 1 aromatic carbocycles. The molecule has 0 aliphatic heterocycles. The molecule has 2 aromatic rings. The highest BCUT2D eigenvalue weighted by molar-refractivity contribution is 6.36. The maximum atomic E-state index is 11.3. The quantitative estimate of drug-likeness (QED) is 0.799. The molecule has 4 nitrogen and oxygen atoms in total. The average molecular weight is 238 g/mol. The Bertz CT molecular complexity index is 645. The number of carboxylic acids is 1. The minimum atomic E-state index is -1.16. The molecule has 5 heteroatoms. The Morgan fingerprint density at radius 2 is 2.12 bits per heavy atom. The molecule has 0 aliphatic rings. The average Bonchev–Trinajstić information content (AvgIpc) is 2.22. The number of aryl methyl sites for hydroxylation is 1. The van der Waals surface area contributed by atoms with E-state index in [-0.39, 0.29) is 5.56 Å². The van der Waals surface area contributed by atoms with E-state index in [4.69, 9.17) is 16.7 Å². The number of H-pyrrole nitrogens is 1. The van der Waals surface area contributed by atoms with Gasteiger partial charge in [0.2, 0.25) is 5.56 Å². The molecule has 82 valence electrons. The van der Waals surface area contributed by atoms with Crippen molar-refractivity contribution in [1.82, 2.24) is 4.98 Å². The van der Waals surface area contributed by atoms with Crippen LogP contribution in [0.5, 0.6) is 0 Å². The van der Waals surface area contributed by atoms with E-state index in [0.717, 1.165) is 11.6 Å². The summed E-state index contributed by atoms with van der Waals surface area (Å²) in [7, 11) is 0. The number of carbonyl (C=O) groups is 1. The number of benzene rings is 1. The Balaban J connectivity index is 3.06. The largest absolute Gasteiger partial charge is 0.478 e. The standard InChI is InChI=1S/C11H8ClNO3/c1-5-2-3-7(12)9-6(11(15)16)4-8(14)13-10(5)9/h2-4H,1H3,(H,13,14)(H,15,16). The Labute approximate surface area is 95.5 Å². The van der Waals surface area contributed by atoms with E-state index in [1.807, 2.05) is 0 Å². The zero-order valence-electron chi connectivity index (χ0n) is 8.37. The summed E-state index contributed by atoms with van der Waals surface area (Å²) in [4.78, 5) is 24.9. The zero-order valence-corrected chi connectivity index (χ0v) is 9.13. The normalized spacial score (nSPS) is 10.6. The first-order valence-corrected chi connectivity index (χ1v) is 4.94. The van der Waals surface area contributed by atoms with Crippen LogP contribution in [-0.4, -0.2) is 16.1 Å². The SMILES string of the molecule is Cc1ccc(Cl)c2c(C(=O)O)cc(=O)[nH]c12. The van der Waals surface area contributed by atoms with Gasteiger partial charge in [-0.15, -0.1) is 0 Å². The number of aromatic carboxylic acids is 1. The van der Waals surface area contributed by atoms with Crippen molar-refractivity contribution >= 4 is 28.5 Å². The Morgan fingerprint density at radius 3 is 2.75 bits per heavy atom. The first kappa shape index (κ1) is 10.7. The van der Waals surface area contributed by atoms with Crippen molar-refractivity contribution in [1.29, 1.82) is 0 Å². The molecule has 0 unspecified atom stereocenters. The van der Waals surface area contributed by atoms with E-state index >= 15 is 0 Å². The summed E-state index contributed by atoms with van der Waals surface area (Å²) in [6.07, 6.45) is 0. The second-order valence-electron chi connectivity index (χ2n) is 3.47.